The van der Waals surface area contributed by atoms with Crippen LogP contribution in [0.3, 0.4) is 0 Å². The third-order valence-electron chi connectivity index (χ3n) is 4.79. The number of benzene rings is 2. The van der Waals surface area contributed by atoms with Crippen LogP contribution in [-0.2, 0) is 20.2 Å². The fourth-order valence-corrected chi connectivity index (χ4v) is 5.39. The molecule has 0 aliphatic rings. The first-order valence-corrected chi connectivity index (χ1v) is 14.7. The van der Waals surface area contributed by atoms with Crippen LogP contribution < -0.4 is 69.7 Å². The first-order valence-electron chi connectivity index (χ1n) is 10.4. The van der Waals surface area contributed by atoms with Crippen molar-refractivity contribution in [2.45, 2.75) is 9.79 Å². The molecular formula is C21H11Cl4N7Na2O6S2. The van der Waals surface area contributed by atoms with Gasteiger partial charge in [0, 0.05) is 17.4 Å². The van der Waals surface area contributed by atoms with E-state index in [4.69, 9.17) is 46.4 Å². The Morgan fingerprint density at radius 3 is 1.52 bits per heavy atom. The third kappa shape index (κ3) is 10.2. The predicted octanol–water partition coefficient (Wildman–Crippen LogP) is -1.25. The maximum Gasteiger partial charge on any atom is 1.00 e. The van der Waals surface area contributed by atoms with Crippen molar-refractivity contribution in [2.75, 3.05) is 10.6 Å². The Labute approximate surface area is 303 Å². The molecule has 0 radical (unpaired) electrons. The SMILES string of the molecule is O=S(=O)([O-])c1cc(Nc2cc(Cl)nc(Cl)n2)ccc1C=Cc1ccc(Nc2nc(Cl)nc(Cl)n2)cc1S(=O)(=O)[O-].[Na+].[Na+]. The third-order valence-corrected chi connectivity index (χ3v) is 7.27. The Bertz CT molecular complexity index is 1710. The summed E-state index contributed by atoms with van der Waals surface area (Å²) in [6.07, 6.45) is 2.32. The molecule has 208 valence electrons. The Morgan fingerprint density at radius 1 is 0.619 bits per heavy atom. The van der Waals surface area contributed by atoms with E-state index < -0.39 is 30.0 Å². The van der Waals surface area contributed by atoms with Gasteiger partial charge in [-0.15, -0.1) is 0 Å². The molecule has 2 aromatic carbocycles. The minimum atomic E-state index is -5.03. The van der Waals surface area contributed by atoms with Crippen LogP contribution in [-0.4, -0.2) is 50.9 Å². The van der Waals surface area contributed by atoms with E-state index >= 15 is 0 Å². The zero-order valence-corrected chi connectivity index (χ0v) is 29.9. The molecule has 0 saturated heterocycles. The summed E-state index contributed by atoms with van der Waals surface area (Å²) in [6.45, 7) is 0. The van der Waals surface area contributed by atoms with Gasteiger partial charge in [0.15, 0.2) is 0 Å². The van der Waals surface area contributed by atoms with Gasteiger partial charge in [-0.05, 0) is 70.2 Å². The molecule has 2 N–H and O–H groups in total. The van der Waals surface area contributed by atoms with E-state index in [1.807, 2.05) is 0 Å². The van der Waals surface area contributed by atoms with E-state index in [1.54, 1.807) is 0 Å². The molecule has 21 heteroatoms. The smallest absolute Gasteiger partial charge is 0.744 e. The average Bonchev–Trinajstić information content (AvgIpc) is 2.81. The van der Waals surface area contributed by atoms with Gasteiger partial charge in [0.05, 0.1) is 9.79 Å². The first-order chi connectivity index (χ1) is 18.7. The Kier molecular flexibility index (Phi) is 13.4. The minimum absolute atomic E-state index is 0. The minimum Gasteiger partial charge on any atom is -0.744 e. The zero-order chi connectivity index (χ0) is 29.2. The van der Waals surface area contributed by atoms with Crippen molar-refractivity contribution in [1.82, 2.24) is 24.9 Å². The summed E-state index contributed by atoms with van der Waals surface area (Å²) in [7, 11) is -10.0. The summed E-state index contributed by atoms with van der Waals surface area (Å²) in [5.74, 6) is 0.0104. The molecule has 0 aliphatic carbocycles. The molecular weight excluding hydrogens is 698 g/mol. The van der Waals surface area contributed by atoms with Crippen molar-refractivity contribution in [3.05, 3.63) is 74.6 Å². The van der Waals surface area contributed by atoms with Gasteiger partial charge in [0.2, 0.25) is 21.8 Å². The molecule has 42 heavy (non-hydrogen) atoms. The monoisotopic (exact) mass is 707 g/mol. The predicted molar refractivity (Wildman–Crippen MR) is 146 cm³/mol. The van der Waals surface area contributed by atoms with Crippen LogP contribution in [0.4, 0.5) is 23.1 Å². The first kappa shape index (κ1) is 37.0. The summed E-state index contributed by atoms with van der Waals surface area (Å²) in [5.41, 5.74) is 0.0430. The van der Waals surface area contributed by atoms with Crippen molar-refractivity contribution in [3.8, 4) is 0 Å². The Balaban J connectivity index is 0.00000308. The second-order valence-electron chi connectivity index (χ2n) is 7.54. The maximum absolute atomic E-state index is 12.0. The molecule has 0 aliphatic heterocycles. The van der Waals surface area contributed by atoms with E-state index in [1.165, 1.54) is 30.3 Å². The molecule has 4 rings (SSSR count). The molecule has 2 aromatic heterocycles. The van der Waals surface area contributed by atoms with Crippen LogP contribution in [0.1, 0.15) is 11.1 Å². The molecule has 2 heterocycles. The number of hydrogen-bond donors (Lipinski definition) is 2. The molecule has 4 aromatic rings. The van der Waals surface area contributed by atoms with E-state index in [0.717, 1.165) is 24.3 Å². The van der Waals surface area contributed by atoms with Gasteiger partial charge in [-0.3, -0.25) is 0 Å². The maximum atomic E-state index is 12.0. The van der Waals surface area contributed by atoms with E-state index in [0.29, 0.717) is 0 Å². The van der Waals surface area contributed by atoms with Crippen LogP contribution in [0.15, 0.2) is 52.3 Å². The van der Waals surface area contributed by atoms with Crippen LogP contribution >= 0.6 is 46.4 Å². The molecule has 0 bridgehead atoms. The Hall–Kier alpha value is -1.15. The number of nitrogens with zero attached hydrogens (tertiary/aromatic N) is 5. The van der Waals surface area contributed by atoms with E-state index in [9.17, 15) is 25.9 Å². The summed E-state index contributed by atoms with van der Waals surface area (Å²) in [6, 6.07) is 8.71. The van der Waals surface area contributed by atoms with Crippen molar-refractivity contribution in [1.29, 1.82) is 0 Å². The summed E-state index contributed by atoms with van der Waals surface area (Å²) in [4.78, 5) is 17.4. The van der Waals surface area contributed by atoms with Crippen LogP contribution in [0.5, 0.6) is 0 Å². The van der Waals surface area contributed by atoms with Crippen LogP contribution in [0, 0.1) is 0 Å². The van der Waals surface area contributed by atoms with Crippen molar-refractivity contribution >= 4 is 102 Å². The van der Waals surface area contributed by atoms with Crippen molar-refractivity contribution < 1.29 is 85.1 Å². The van der Waals surface area contributed by atoms with Gasteiger partial charge in [-0.2, -0.15) is 15.0 Å². The summed E-state index contributed by atoms with van der Waals surface area (Å²) in [5, 5.41) is 4.80. The molecule has 0 atom stereocenters. The number of nitrogens with one attached hydrogen (secondary N) is 2. The van der Waals surface area contributed by atoms with Gasteiger partial charge >= 0.3 is 59.1 Å². The van der Waals surface area contributed by atoms with Crippen LogP contribution in [0.2, 0.25) is 21.0 Å². The second-order valence-corrected chi connectivity index (χ2v) is 11.6. The van der Waals surface area contributed by atoms with Gasteiger partial charge in [0.1, 0.15) is 31.2 Å². The molecule has 0 fully saturated rings. The largest absolute Gasteiger partial charge is 1.00 e. The topological polar surface area (TPSA) is 203 Å². The zero-order valence-electron chi connectivity index (χ0n) is 21.2. The number of aromatic nitrogens is 5. The second kappa shape index (κ2) is 15.2. The number of hydrogen-bond acceptors (Lipinski definition) is 13. The summed E-state index contributed by atoms with van der Waals surface area (Å²) >= 11 is 23.0. The van der Waals surface area contributed by atoms with E-state index in [-0.39, 0.29) is 114 Å². The van der Waals surface area contributed by atoms with Gasteiger partial charge in [-0.25, -0.2) is 26.8 Å². The van der Waals surface area contributed by atoms with Crippen molar-refractivity contribution in [3.63, 3.8) is 0 Å². The standard InChI is InChI=1S/C21H13Cl4N7O6S2.2Na/c22-16-9-17(29-18(23)28-16)26-12-5-3-10(14(7-12)39(33,34)35)1-2-11-4-6-13(8-15(11)40(36,37)38)27-21-31-19(24)30-20(25)32-21;;/h1-9H,(H,26,28,29)(H,33,34,35)(H,36,37,38)(H,27,30,31,32);;/q;2*+1/p-2. The fourth-order valence-electron chi connectivity index (χ4n) is 3.22. The number of halogens is 4. The quantitative estimate of drug-likeness (QED) is 0.0723. The van der Waals surface area contributed by atoms with E-state index in [2.05, 4.69) is 35.6 Å². The normalized spacial score (nSPS) is 11.5. The molecule has 13 nitrogen and oxygen atoms in total. The fraction of sp³-hybridized carbons (Fsp3) is 0. The van der Waals surface area contributed by atoms with Crippen molar-refractivity contribution in [2.24, 2.45) is 0 Å². The number of rotatable bonds is 8. The summed E-state index contributed by atoms with van der Waals surface area (Å²) < 4.78 is 71.9. The van der Waals surface area contributed by atoms with Crippen LogP contribution in [0.25, 0.3) is 12.2 Å². The molecule has 0 amide bonds. The Morgan fingerprint density at radius 2 is 1.07 bits per heavy atom. The van der Waals surface area contributed by atoms with Gasteiger partial charge < -0.3 is 19.7 Å². The average molecular weight is 709 g/mol. The van der Waals surface area contributed by atoms with Gasteiger partial charge in [-0.1, -0.05) is 35.9 Å². The molecule has 0 spiro atoms. The molecule has 0 unspecified atom stereocenters. The molecule has 0 saturated carbocycles. The number of anilines is 4. The van der Waals surface area contributed by atoms with Gasteiger partial charge in [0.25, 0.3) is 0 Å².